The minimum atomic E-state index is 0.743. The number of guanidine groups is 1. The van der Waals surface area contributed by atoms with E-state index in [9.17, 15) is 0 Å². The van der Waals surface area contributed by atoms with E-state index in [1.165, 1.54) is 11.1 Å². The lowest BCUT2D eigenvalue weighted by molar-refractivity contribution is 0.354. The Labute approximate surface area is 167 Å². The summed E-state index contributed by atoms with van der Waals surface area (Å²) < 4.78 is 15.9. The molecule has 0 unspecified atom stereocenters. The van der Waals surface area contributed by atoms with Crippen LogP contribution in [-0.2, 0) is 12.8 Å². The van der Waals surface area contributed by atoms with Gasteiger partial charge in [-0.1, -0.05) is 18.2 Å². The highest BCUT2D eigenvalue weighted by atomic mass is 16.5. The van der Waals surface area contributed by atoms with E-state index >= 15 is 0 Å². The van der Waals surface area contributed by atoms with Crippen LogP contribution in [0.25, 0.3) is 0 Å². The Hall–Kier alpha value is -2.89. The van der Waals surface area contributed by atoms with Crippen molar-refractivity contribution in [1.29, 1.82) is 0 Å². The van der Waals surface area contributed by atoms with Crippen LogP contribution in [0.1, 0.15) is 17.5 Å². The summed E-state index contributed by atoms with van der Waals surface area (Å²) >= 11 is 0. The highest BCUT2D eigenvalue weighted by Gasteiger charge is 2.05. The number of hydrogen-bond acceptors (Lipinski definition) is 4. The molecule has 6 nitrogen and oxygen atoms in total. The van der Waals surface area contributed by atoms with Crippen LogP contribution in [0, 0.1) is 0 Å². The predicted octanol–water partition coefficient (Wildman–Crippen LogP) is 3.05. The monoisotopic (exact) mass is 385 g/mol. The molecule has 0 aliphatic rings. The highest BCUT2D eigenvalue weighted by Crippen LogP contribution is 2.27. The van der Waals surface area contributed by atoms with E-state index < -0.39 is 0 Å². The summed E-state index contributed by atoms with van der Waals surface area (Å²) in [6.45, 7) is 1.64. The van der Waals surface area contributed by atoms with Gasteiger partial charge in [0.25, 0.3) is 0 Å². The molecule has 0 spiro atoms. The lowest BCUT2D eigenvalue weighted by Crippen LogP contribution is -2.38. The zero-order valence-electron chi connectivity index (χ0n) is 17.2. The number of rotatable bonds is 10. The van der Waals surface area contributed by atoms with E-state index in [0.29, 0.717) is 0 Å². The maximum Gasteiger partial charge on any atom is 0.190 e. The van der Waals surface area contributed by atoms with Gasteiger partial charge in [0.1, 0.15) is 5.75 Å². The second-order valence-corrected chi connectivity index (χ2v) is 6.32. The molecule has 0 radical (unpaired) electrons. The third kappa shape index (κ3) is 6.68. The number of aliphatic imine (C=N–C) groups is 1. The largest absolute Gasteiger partial charge is 0.497 e. The standard InChI is InChI=1S/C22H31N3O3/c1-23-22(24-13-6-8-17-7-5-9-19(15-17)26-2)25-14-12-18-10-11-20(27-3)21(16-18)28-4/h5,7,9-11,15-16H,6,8,12-14H2,1-4H3,(H2,23,24,25). The molecule has 0 heterocycles. The number of nitrogens with zero attached hydrogens (tertiary/aromatic N) is 1. The third-order valence-electron chi connectivity index (χ3n) is 4.45. The second kappa shape index (κ2) is 11.7. The Morgan fingerprint density at radius 1 is 0.821 bits per heavy atom. The minimum absolute atomic E-state index is 0.743. The van der Waals surface area contributed by atoms with Gasteiger partial charge in [-0.25, -0.2) is 0 Å². The quantitative estimate of drug-likeness (QED) is 0.374. The topological polar surface area (TPSA) is 64.1 Å². The van der Waals surface area contributed by atoms with Crippen LogP contribution in [0.3, 0.4) is 0 Å². The number of ether oxygens (including phenoxy) is 3. The van der Waals surface area contributed by atoms with Crippen molar-refractivity contribution in [2.24, 2.45) is 4.99 Å². The van der Waals surface area contributed by atoms with E-state index in [0.717, 1.165) is 55.6 Å². The van der Waals surface area contributed by atoms with Gasteiger partial charge in [-0.15, -0.1) is 0 Å². The van der Waals surface area contributed by atoms with Crippen LogP contribution >= 0.6 is 0 Å². The second-order valence-electron chi connectivity index (χ2n) is 6.32. The number of aryl methyl sites for hydroxylation is 1. The average Bonchev–Trinajstić information content (AvgIpc) is 2.75. The van der Waals surface area contributed by atoms with E-state index in [4.69, 9.17) is 14.2 Å². The fraction of sp³-hybridized carbons (Fsp3) is 0.409. The number of benzene rings is 2. The van der Waals surface area contributed by atoms with Crippen molar-refractivity contribution in [3.05, 3.63) is 53.6 Å². The van der Waals surface area contributed by atoms with E-state index in [1.54, 1.807) is 28.4 Å². The molecule has 2 rings (SSSR count). The molecule has 6 heteroatoms. The van der Waals surface area contributed by atoms with Crippen LogP contribution in [0.4, 0.5) is 0 Å². The van der Waals surface area contributed by atoms with Gasteiger partial charge >= 0.3 is 0 Å². The molecule has 0 saturated heterocycles. The summed E-state index contributed by atoms with van der Waals surface area (Å²) in [5.74, 6) is 3.21. The molecule has 2 aromatic carbocycles. The molecule has 152 valence electrons. The lowest BCUT2D eigenvalue weighted by atomic mass is 10.1. The van der Waals surface area contributed by atoms with Crippen LogP contribution in [0.2, 0.25) is 0 Å². The Balaban J connectivity index is 1.71. The summed E-state index contributed by atoms with van der Waals surface area (Å²) in [6, 6.07) is 14.2. The normalized spacial score (nSPS) is 11.1. The molecule has 0 amide bonds. The van der Waals surface area contributed by atoms with Crippen LogP contribution in [-0.4, -0.2) is 47.4 Å². The van der Waals surface area contributed by atoms with Gasteiger partial charge in [0, 0.05) is 20.1 Å². The summed E-state index contributed by atoms with van der Waals surface area (Å²) in [6.07, 6.45) is 2.88. The van der Waals surface area contributed by atoms with Gasteiger partial charge in [0.2, 0.25) is 0 Å². The van der Waals surface area contributed by atoms with Gasteiger partial charge in [-0.2, -0.15) is 0 Å². The predicted molar refractivity (Wildman–Crippen MR) is 114 cm³/mol. The van der Waals surface area contributed by atoms with Crippen molar-refractivity contribution >= 4 is 5.96 Å². The lowest BCUT2D eigenvalue weighted by Gasteiger charge is -2.13. The van der Waals surface area contributed by atoms with Crippen LogP contribution < -0.4 is 24.8 Å². The van der Waals surface area contributed by atoms with Crippen molar-refractivity contribution in [3.8, 4) is 17.2 Å². The van der Waals surface area contributed by atoms with Crippen molar-refractivity contribution < 1.29 is 14.2 Å². The van der Waals surface area contributed by atoms with Gasteiger partial charge in [0.05, 0.1) is 21.3 Å². The van der Waals surface area contributed by atoms with Gasteiger partial charge in [-0.05, 0) is 54.7 Å². The maximum absolute atomic E-state index is 5.35. The first-order chi connectivity index (χ1) is 13.7. The molecule has 2 N–H and O–H groups in total. The Kier molecular flexibility index (Phi) is 8.98. The SMILES string of the molecule is CN=C(NCCCc1cccc(OC)c1)NCCc1ccc(OC)c(OC)c1. The fourth-order valence-corrected chi connectivity index (χ4v) is 2.91. The molecule has 0 aromatic heterocycles. The summed E-state index contributed by atoms with van der Waals surface area (Å²) in [5, 5.41) is 6.71. The molecule has 0 aliphatic heterocycles. The highest BCUT2D eigenvalue weighted by molar-refractivity contribution is 5.79. The van der Waals surface area contributed by atoms with Crippen molar-refractivity contribution in [1.82, 2.24) is 10.6 Å². The zero-order valence-corrected chi connectivity index (χ0v) is 17.2. The van der Waals surface area contributed by atoms with Gasteiger partial charge in [0.15, 0.2) is 17.5 Å². The minimum Gasteiger partial charge on any atom is -0.497 e. The van der Waals surface area contributed by atoms with Crippen LogP contribution in [0.15, 0.2) is 47.5 Å². The Morgan fingerprint density at radius 2 is 1.57 bits per heavy atom. The molecule has 28 heavy (non-hydrogen) atoms. The van der Waals surface area contributed by atoms with Gasteiger partial charge in [-0.3, -0.25) is 4.99 Å². The number of methoxy groups -OCH3 is 3. The van der Waals surface area contributed by atoms with Crippen molar-refractivity contribution in [3.63, 3.8) is 0 Å². The first kappa shape index (κ1) is 21.4. The molecular weight excluding hydrogens is 354 g/mol. The molecule has 0 atom stereocenters. The molecule has 2 aromatic rings. The fourth-order valence-electron chi connectivity index (χ4n) is 2.91. The Morgan fingerprint density at radius 3 is 2.29 bits per heavy atom. The third-order valence-corrected chi connectivity index (χ3v) is 4.45. The van der Waals surface area contributed by atoms with E-state index in [-0.39, 0.29) is 0 Å². The molecule has 0 fully saturated rings. The molecular formula is C22H31N3O3. The van der Waals surface area contributed by atoms with Crippen molar-refractivity contribution in [2.45, 2.75) is 19.3 Å². The first-order valence-corrected chi connectivity index (χ1v) is 9.48. The molecule has 0 saturated carbocycles. The first-order valence-electron chi connectivity index (χ1n) is 9.48. The van der Waals surface area contributed by atoms with Gasteiger partial charge < -0.3 is 24.8 Å². The number of hydrogen-bond donors (Lipinski definition) is 2. The van der Waals surface area contributed by atoms with E-state index in [2.05, 4.69) is 27.8 Å². The smallest absolute Gasteiger partial charge is 0.190 e. The molecule has 0 bridgehead atoms. The average molecular weight is 386 g/mol. The summed E-state index contributed by atoms with van der Waals surface area (Å²) in [7, 11) is 6.77. The zero-order chi connectivity index (χ0) is 20.2. The number of nitrogens with one attached hydrogen (secondary N) is 2. The van der Waals surface area contributed by atoms with Crippen molar-refractivity contribution in [2.75, 3.05) is 41.5 Å². The Bertz CT molecular complexity index is 762. The maximum atomic E-state index is 5.35. The summed E-state index contributed by atoms with van der Waals surface area (Å²) in [5.41, 5.74) is 2.45. The van der Waals surface area contributed by atoms with E-state index in [1.807, 2.05) is 30.3 Å². The summed E-state index contributed by atoms with van der Waals surface area (Å²) in [4.78, 5) is 4.28. The van der Waals surface area contributed by atoms with Crippen LogP contribution in [0.5, 0.6) is 17.2 Å². The molecule has 0 aliphatic carbocycles.